The van der Waals surface area contributed by atoms with Crippen LogP contribution in [0, 0.1) is 0 Å². The van der Waals surface area contributed by atoms with Crippen molar-refractivity contribution >= 4 is 56.4 Å². The number of nitrogen functional groups attached to an aromatic ring is 1. The van der Waals surface area contributed by atoms with Crippen LogP contribution in [0.25, 0.3) is 0 Å². The third kappa shape index (κ3) is 3.21. The smallest absolute Gasteiger partial charge is 0.256 e. The van der Waals surface area contributed by atoms with Crippen LogP contribution < -0.4 is 11.1 Å². The molecular formula is C13H9BrCl2N2O. The minimum absolute atomic E-state index is 0.339. The first-order valence-electron chi connectivity index (χ1n) is 5.29. The molecule has 0 unspecified atom stereocenters. The Labute approximate surface area is 128 Å². The Hall–Kier alpha value is -1.23. The predicted octanol–water partition coefficient (Wildman–Crippen LogP) is 4.59. The van der Waals surface area contributed by atoms with E-state index in [0.29, 0.717) is 31.5 Å². The fraction of sp³-hybridized carbons (Fsp3) is 0. The van der Waals surface area contributed by atoms with Crippen molar-refractivity contribution in [3.63, 3.8) is 0 Å². The Balaban J connectivity index is 2.34. The van der Waals surface area contributed by atoms with Crippen LogP contribution in [-0.4, -0.2) is 5.91 Å². The van der Waals surface area contributed by atoms with Crippen molar-refractivity contribution in [1.82, 2.24) is 0 Å². The molecule has 98 valence electrons. The van der Waals surface area contributed by atoms with Gasteiger partial charge in [-0.25, -0.2) is 0 Å². The van der Waals surface area contributed by atoms with Crippen LogP contribution in [0.4, 0.5) is 11.4 Å². The average Bonchev–Trinajstić information content (AvgIpc) is 2.37. The number of halogens is 3. The molecule has 6 heteroatoms. The lowest BCUT2D eigenvalue weighted by atomic mass is 10.2. The highest BCUT2D eigenvalue weighted by Crippen LogP contribution is 2.31. The van der Waals surface area contributed by atoms with Crippen molar-refractivity contribution in [2.24, 2.45) is 0 Å². The van der Waals surface area contributed by atoms with Gasteiger partial charge in [0.2, 0.25) is 0 Å². The monoisotopic (exact) mass is 358 g/mol. The Morgan fingerprint density at radius 2 is 1.79 bits per heavy atom. The molecule has 2 rings (SSSR count). The fourth-order valence-electron chi connectivity index (χ4n) is 1.51. The fourth-order valence-corrected chi connectivity index (χ4v) is 2.43. The van der Waals surface area contributed by atoms with Crippen molar-refractivity contribution in [3.8, 4) is 0 Å². The van der Waals surface area contributed by atoms with Crippen LogP contribution in [0.2, 0.25) is 10.0 Å². The molecule has 0 saturated heterocycles. The van der Waals surface area contributed by atoms with Crippen LogP contribution in [-0.2, 0) is 0 Å². The summed E-state index contributed by atoms with van der Waals surface area (Å²) in [5.74, 6) is -0.339. The molecule has 0 atom stereocenters. The van der Waals surface area contributed by atoms with E-state index in [1.807, 2.05) is 0 Å². The van der Waals surface area contributed by atoms with E-state index in [4.69, 9.17) is 28.9 Å². The maximum absolute atomic E-state index is 12.2. The molecule has 0 aromatic heterocycles. The van der Waals surface area contributed by atoms with Gasteiger partial charge in [-0.2, -0.15) is 0 Å². The third-order valence-corrected chi connectivity index (χ3v) is 3.76. The molecule has 3 N–H and O–H groups in total. The Kier molecular flexibility index (Phi) is 4.34. The second-order valence-electron chi connectivity index (χ2n) is 3.79. The lowest BCUT2D eigenvalue weighted by molar-refractivity contribution is 0.102. The normalized spacial score (nSPS) is 10.3. The zero-order valence-corrected chi connectivity index (χ0v) is 12.7. The van der Waals surface area contributed by atoms with E-state index >= 15 is 0 Å². The second kappa shape index (κ2) is 5.82. The summed E-state index contributed by atoms with van der Waals surface area (Å²) >= 11 is 15.3. The molecule has 0 fully saturated rings. The van der Waals surface area contributed by atoms with Crippen LogP contribution in [0.1, 0.15) is 10.4 Å². The van der Waals surface area contributed by atoms with Gasteiger partial charge in [-0.15, -0.1) is 0 Å². The number of para-hydroxylation sites is 1. The summed E-state index contributed by atoms with van der Waals surface area (Å²) in [5, 5.41) is 3.43. The van der Waals surface area contributed by atoms with Crippen LogP contribution in [0.5, 0.6) is 0 Å². The van der Waals surface area contributed by atoms with Gasteiger partial charge in [0.25, 0.3) is 5.91 Å². The molecule has 0 aliphatic rings. The molecule has 0 saturated carbocycles. The van der Waals surface area contributed by atoms with Gasteiger partial charge in [-0.3, -0.25) is 4.79 Å². The van der Waals surface area contributed by atoms with Gasteiger partial charge in [0, 0.05) is 10.2 Å². The molecule has 3 nitrogen and oxygen atoms in total. The Morgan fingerprint density at radius 3 is 2.42 bits per heavy atom. The number of carbonyl (C=O) groups excluding carboxylic acids is 1. The molecule has 0 aliphatic carbocycles. The predicted molar refractivity (Wildman–Crippen MR) is 83.0 cm³/mol. The summed E-state index contributed by atoms with van der Waals surface area (Å²) in [6.07, 6.45) is 0. The van der Waals surface area contributed by atoms with Crippen molar-refractivity contribution < 1.29 is 4.79 Å². The van der Waals surface area contributed by atoms with E-state index in [1.165, 1.54) is 0 Å². The summed E-state index contributed by atoms with van der Waals surface area (Å²) in [4.78, 5) is 12.2. The van der Waals surface area contributed by atoms with E-state index < -0.39 is 0 Å². The molecule has 19 heavy (non-hydrogen) atoms. The topological polar surface area (TPSA) is 55.1 Å². The number of carbonyl (C=O) groups is 1. The van der Waals surface area contributed by atoms with Crippen LogP contribution in [0.3, 0.4) is 0 Å². The largest absolute Gasteiger partial charge is 0.399 e. The first-order chi connectivity index (χ1) is 8.99. The summed E-state index contributed by atoms with van der Waals surface area (Å²) < 4.78 is 0.641. The number of amides is 1. The van der Waals surface area contributed by atoms with E-state index in [1.54, 1.807) is 36.4 Å². The van der Waals surface area contributed by atoms with Crippen molar-refractivity contribution in [1.29, 1.82) is 0 Å². The van der Waals surface area contributed by atoms with E-state index in [9.17, 15) is 4.79 Å². The number of hydrogen-bond acceptors (Lipinski definition) is 2. The van der Waals surface area contributed by atoms with Gasteiger partial charge in [-0.05, 0) is 46.3 Å². The number of anilines is 2. The molecule has 1 amide bonds. The summed E-state index contributed by atoms with van der Waals surface area (Å²) in [7, 11) is 0. The first kappa shape index (κ1) is 14.2. The van der Waals surface area contributed by atoms with E-state index in [0.717, 1.165) is 0 Å². The second-order valence-corrected chi connectivity index (χ2v) is 5.46. The van der Waals surface area contributed by atoms with Crippen LogP contribution in [0.15, 0.2) is 40.9 Å². The summed E-state index contributed by atoms with van der Waals surface area (Å²) in [6.45, 7) is 0. The van der Waals surface area contributed by atoms with Gasteiger partial charge < -0.3 is 11.1 Å². The minimum Gasteiger partial charge on any atom is -0.399 e. The minimum atomic E-state index is -0.339. The van der Waals surface area contributed by atoms with Gasteiger partial charge in [0.1, 0.15) is 0 Å². The van der Waals surface area contributed by atoms with Crippen LogP contribution >= 0.6 is 39.1 Å². The molecule has 2 aromatic carbocycles. The quantitative estimate of drug-likeness (QED) is 0.770. The number of nitrogens with two attached hydrogens (primary N) is 1. The molecule has 0 radical (unpaired) electrons. The lowest BCUT2D eigenvalue weighted by Gasteiger charge is -2.10. The van der Waals surface area contributed by atoms with Crippen molar-refractivity contribution in [2.75, 3.05) is 11.1 Å². The SMILES string of the molecule is Nc1ccc(Br)c(C(=O)Nc2c(Cl)cccc2Cl)c1. The third-order valence-electron chi connectivity index (χ3n) is 2.44. The van der Waals surface area contributed by atoms with Gasteiger partial charge in [0.05, 0.1) is 21.3 Å². The summed E-state index contributed by atoms with van der Waals surface area (Å²) in [6, 6.07) is 9.98. The van der Waals surface area contributed by atoms with E-state index in [-0.39, 0.29) is 5.91 Å². The molecule has 0 heterocycles. The highest BCUT2D eigenvalue weighted by atomic mass is 79.9. The molecular weight excluding hydrogens is 351 g/mol. The Morgan fingerprint density at radius 1 is 1.16 bits per heavy atom. The number of nitrogens with one attached hydrogen (secondary N) is 1. The van der Waals surface area contributed by atoms with Crippen molar-refractivity contribution in [3.05, 3.63) is 56.5 Å². The maximum Gasteiger partial charge on any atom is 0.256 e. The van der Waals surface area contributed by atoms with Gasteiger partial charge in [-0.1, -0.05) is 29.3 Å². The standard InChI is InChI=1S/C13H9BrCl2N2O/c14-9-5-4-7(17)6-8(9)13(19)18-12-10(15)2-1-3-11(12)16/h1-6H,17H2,(H,18,19). The highest BCUT2D eigenvalue weighted by molar-refractivity contribution is 9.10. The van der Waals surface area contributed by atoms with Gasteiger partial charge in [0.15, 0.2) is 0 Å². The highest BCUT2D eigenvalue weighted by Gasteiger charge is 2.14. The number of hydrogen-bond donors (Lipinski definition) is 2. The summed E-state index contributed by atoms with van der Waals surface area (Å²) in [5.41, 5.74) is 6.96. The van der Waals surface area contributed by atoms with E-state index in [2.05, 4.69) is 21.2 Å². The molecule has 0 aliphatic heterocycles. The zero-order valence-electron chi connectivity index (χ0n) is 9.58. The maximum atomic E-state index is 12.2. The molecule has 2 aromatic rings. The number of rotatable bonds is 2. The van der Waals surface area contributed by atoms with Crippen molar-refractivity contribution in [2.45, 2.75) is 0 Å². The Bertz CT molecular complexity index is 626. The average molecular weight is 360 g/mol. The lowest BCUT2D eigenvalue weighted by Crippen LogP contribution is -2.13. The zero-order chi connectivity index (χ0) is 14.0. The molecule has 0 bridgehead atoms. The first-order valence-corrected chi connectivity index (χ1v) is 6.84. The number of benzene rings is 2. The van der Waals surface area contributed by atoms with Gasteiger partial charge >= 0.3 is 0 Å². The molecule has 0 spiro atoms.